The maximum Gasteiger partial charge on any atom is 0.125 e. The normalized spacial score (nSPS) is 10.9. The zero-order valence-corrected chi connectivity index (χ0v) is 16.9. The molecule has 0 aliphatic rings. The molecule has 26 heavy (non-hydrogen) atoms. The first-order valence-electron chi connectivity index (χ1n) is 8.72. The minimum absolute atomic E-state index is 0.198. The molecular weight excluding hydrogens is 377 g/mol. The molecule has 5 nitrogen and oxygen atoms in total. The maximum absolute atomic E-state index is 8.25. The van der Waals surface area contributed by atoms with Gasteiger partial charge >= 0.3 is 0 Å². The third-order valence-corrected chi connectivity index (χ3v) is 3.96. The molecule has 0 saturated heterocycles. The molecule has 0 saturated carbocycles. The van der Waals surface area contributed by atoms with Crippen molar-refractivity contribution in [3.05, 3.63) is 33.8 Å². The summed E-state index contributed by atoms with van der Waals surface area (Å²) < 4.78 is 17.1. The second-order valence-corrected chi connectivity index (χ2v) is 6.68. The highest BCUT2D eigenvalue weighted by Crippen LogP contribution is 2.30. The van der Waals surface area contributed by atoms with E-state index in [9.17, 15) is 0 Å². The van der Waals surface area contributed by atoms with E-state index in [-0.39, 0.29) is 4.49 Å². The molecule has 0 fully saturated rings. The van der Waals surface area contributed by atoms with Crippen LogP contribution in [0.2, 0.25) is 0 Å². The van der Waals surface area contributed by atoms with Crippen molar-refractivity contribution in [2.45, 2.75) is 39.5 Å². The van der Waals surface area contributed by atoms with Gasteiger partial charge in [-0.1, -0.05) is 35.3 Å². The van der Waals surface area contributed by atoms with Gasteiger partial charge in [-0.2, -0.15) is 0 Å². The molecule has 1 aromatic rings. The van der Waals surface area contributed by atoms with Crippen LogP contribution >= 0.6 is 23.2 Å². The Morgan fingerprint density at radius 3 is 2.58 bits per heavy atom. The lowest BCUT2D eigenvalue weighted by atomic mass is 10.1. The number of ether oxygens (including phenoxy) is 3. The first kappa shape index (κ1) is 22.6. The van der Waals surface area contributed by atoms with Crippen molar-refractivity contribution >= 4 is 29.4 Å². The van der Waals surface area contributed by atoms with E-state index in [1.165, 1.54) is 6.21 Å². The van der Waals surface area contributed by atoms with Crippen LogP contribution in [0.4, 0.5) is 0 Å². The third kappa shape index (κ3) is 9.32. The Balaban J connectivity index is 2.42. The molecule has 0 spiro atoms. The van der Waals surface area contributed by atoms with Crippen molar-refractivity contribution in [2.24, 2.45) is 5.16 Å². The van der Waals surface area contributed by atoms with Crippen LogP contribution in [0.15, 0.2) is 27.9 Å². The molecule has 1 aromatic carbocycles. The Morgan fingerprint density at radius 2 is 1.88 bits per heavy atom. The van der Waals surface area contributed by atoms with E-state index >= 15 is 0 Å². The Hall–Kier alpha value is -1.43. The second-order valence-electron chi connectivity index (χ2n) is 5.67. The largest absolute Gasteiger partial charge is 0.493 e. The smallest absolute Gasteiger partial charge is 0.125 e. The Labute approximate surface area is 165 Å². The molecule has 0 aromatic heterocycles. The van der Waals surface area contributed by atoms with Gasteiger partial charge in [0.15, 0.2) is 0 Å². The Bertz CT molecular complexity index is 587. The number of unbranched alkanes of at least 4 members (excludes halogenated alkanes) is 2. The number of hydrogen-bond donors (Lipinski definition) is 1. The van der Waals surface area contributed by atoms with Crippen LogP contribution in [0, 0.1) is 6.92 Å². The monoisotopic (exact) mass is 403 g/mol. The number of rotatable bonds is 13. The molecule has 0 aliphatic carbocycles. The fourth-order valence-corrected chi connectivity index (χ4v) is 2.52. The van der Waals surface area contributed by atoms with Gasteiger partial charge in [-0.15, -0.1) is 0 Å². The Kier molecular flexibility index (Phi) is 11.9. The van der Waals surface area contributed by atoms with E-state index in [0.29, 0.717) is 26.4 Å². The summed E-state index contributed by atoms with van der Waals surface area (Å²) in [7, 11) is 0. The molecule has 0 heterocycles. The van der Waals surface area contributed by atoms with Gasteiger partial charge in [0, 0.05) is 6.61 Å². The summed E-state index contributed by atoms with van der Waals surface area (Å²) in [6.07, 6.45) is 6.72. The summed E-state index contributed by atoms with van der Waals surface area (Å²) in [5, 5.41) is 11.1. The van der Waals surface area contributed by atoms with Crippen molar-refractivity contribution in [1.82, 2.24) is 0 Å². The van der Waals surface area contributed by atoms with Gasteiger partial charge < -0.3 is 19.4 Å². The molecule has 0 aliphatic heterocycles. The van der Waals surface area contributed by atoms with Crippen LogP contribution < -0.4 is 9.47 Å². The molecule has 146 valence electrons. The van der Waals surface area contributed by atoms with Gasteiger partial charge in [0.25, 0.3) is 0 Å². The summed E-state index contributed by atoms with van der Waals surface area (Å²) in [5.74, 6) is 1.71. The highest BCUT2D eigenvalue weighted by Gasteiger charge is 2.09. The lowest BCUT2D eigenvalue weighted by Gasteiger charge is -2.15. The van der Waals surface area contributed by atoms with Gasteiger partial charge in [-0.25, -0.2) is 0 Å². The number of hydrogen-bond acceptors (Lipinski definition) is 5. The standard InChI is InChI=1S/C19H27Cl2NO4/c1-3-16-14-17(25-11-7-18(20)21)13-15(2)19(16)26-10-6-4-5-9-24-12-8-22-23/h7-8,13-14,23H,3-6,9-12H2,1-2H3/b22-8+. The van der Waals surface area contributed by atoms with Gasteiger partial charge in [-0.3, -0.25) is 0 Å². The molecular formula is C19H27Cl2NO4. The molecule has 0 radical (unpaired) electrons. The molecule has 0 atom stereocenters. The van der Waals surface area contributed by atoms with Gasteiger partial charge in [0.05, 0.1) is 19.4 Å². The highest BCUT2D eigenvalue weighted by molar-refractivity contribution is 6.55. The van der Waals surface area contributed by atoms with E-state index < -0.39 is 0 Å². The minimum Gasteiger partial charge on any atom is -0.493 e. The van der Waals surface area contributed by atoms with Crippen LogP contribution in [0.5, 0.6) is 11.5 Å². The van der Waals surface area contributed by atoms with Crippen molar-refractivity contribution in [3.63, 3.8) is 0 Å². The SMILES string of the molecule is CCc1cc(OCC=C(Cl)Cl)cc(C)c1OCCCCCOC/C=N/O. The fraction of sp³-hybridized carbons (Fsp3) is 0.526. The van der Waals surface area contributed by atoms with Crippen LogP contribution in [-0.2, 0) is 11.2 Å². The molecule has 1 N–H and O–H groups in total. The van der Waals surface area contributed by atoms with Crippen LogP contribution in [0.3, 0.4) is 0 Å². The highest BCUT2D eigenvalue weighted by atomic mass is 35.5. The maximum atomic E-state index is 8.25. The summed E-state index contributed by atoms with van der Waals surface area (Å²) in [6.45, 7) is 6.09. The lowest BCUT2D eigenvalue weighted by molar-refractivity contribution is 0.164. The first-order chi connectivity index (χ1) is 12.6. The summed E-state index contributed by atoms with van der Waals surface area (Å²) in [4.78, 5) is 0. The molecule has 7 heteroatoms. The van der Waals surface area contributed by atoms with E-state index in [4.69, 9.17) is 42.6 Å². The number of halogens is 2. The topological polar surface area (TPSA) is 60.3 Å². The summed E-state index contributed by atoms with van der Waals surface area (Å²) in [5.41, 5.74) is 2.17. The van der Waals surface area contributed by atoms with E-state index in [0.717, 1.165) is 48.3 Å². The number of nitrogens with zero attached hydrogens (tertiary/aromatic N) is 1. The molecule has 1 rings (SSSR count). The number of benzene rings is 1. The van der Waals surface area contributed by atoms with Crippen LogP contribution in [0.1, 0.15) is 37.3 Å². The Morgan fingerprint density at radius 1 is 1.12 bits per heavy atom. The van der Waals surface area contributed by atoms with E-state index in [1.807, 2.05) is 19.1 Å². The molecule has 0 unspecified atom stereocenters. The first-order valence-corrected chi connectivity index (χ1v) is 9.48. The van der Waals surface area contributed by atoms with Crippen molar-refractivity contribution in [2.75, 3.05) is 26.4 Å². The fourth-order valence-electron chi connectivity index (χ4n) is 2.39. The van der Waals surface area contributed by atoms with Gasteiger partial charge in [-0.05, 0) is 61.9 Å². The third-order valence-electron chi connectivity index (χ3n) is 3.65. The van der Waals surface area contributed by atoms with Crippen molar-refractivity contribution in [1.29, 1.82) is 0 Å². The van der Waals surface area contributed by atoms with Crippen LogP contribution in [0.25, 0.3) is 0 Å². The van der Waals surface area contributed by atoms with E-state index in [2.05, 4.69) is 12.1 Å². The van der Waals surface area contributed by atoms with Crippen LogP contribution in [-0.4, -0.2) is 37.8 Å². The average molecular weight is 404 g/mol. The zero-order valence-electron chi connectivity index (χ0n) is 15.3. The quantitative estimate of drug-likeness (QED) is 0.210. The number of aryl methyl sites for hydroxylation is 2. The van der Waals surface area contributed by atoms with Gasteiger partial charge in [0.1, 0.15) is 22.6 Å². The number of oxime groups is 1. The second kappa shape index (κ2) is 13.7. The van der Waals surface area contributed by atoms with E-state index in [1.54, 1.807) is 6.08 Å². The lowest BCUT2D eigenvalue weighted by Crippen LogP contribution is -2.04. The minimum atomic E-state index is 0.198. The average Bonchev–Trinajstić information content (AvgIpc) is 2.61. The van der Waals surface area contributed by atoms with Gasteiger partial charge in [0.2, 0.25) is 0 Å². The van der Waals surface area contributed by atoms with Crippen molar-refractivity contribution < 1.29 is 19.4 Å². The summed E-state index contributed by atoms with van der Waals surface area (Å²) in [6, 6.07) is 3.95. The predicted molar refractivity (Wildman–Crippen MR) is 106 cm³/mol. The zero-order chi connectivity index (χ0) is 19.2. The molecule has 0 amide bonds. The molecule has 0 bridgehead atoms. The summed E-state index contributed by atoms with van der Waals surface area (Å²) >= 11 is 11.2. The van der Waals surface area contributed by atoms with Crippen molar-refractivity contribution in [3.8, 4) is 11.5 Å². The predicted octanol–water partition coefficient (Wildman–Crippen LogP) is 5.28.